The molecule has 2 heterocycles. The van der Waals surface area contributed by atoms with Gasteiger partial charge in [0.05, 0.1) is 11.0 Å². The lowest BCUT2D eigenvalue weighted by Crippen LogP contribution is -2.33. The summed E-state index contributed by atoms with van der Waals surface area (Å²) >= 11 is 3.26. The number of nitro benzene ring substituents is 1. The normalized spacial score (nSPS) is 20.9. The summed E-state index contributed by atoms with van der Waals surface area (Å²) in [6, 6.07) is 4.49. The molecule has 2 unspecified atom stereocenters. The number of nitrogens with one attached hydrogen (secondary N) is 1. The van der Waals surface area contributed by atoms with Crippen molar-refractivity contribution >= 4 is 27.8 Å². The van der Waals surface area contributed by atoms with Gasteiger partial charge in [-0.15, -0.1) is 0 Å². The highest BCUT2D eigenvalue weighted by atomic mass is 79.9. The quantitative estimate of drug-likeness (QED) is 0.311. The second-order valence-corrected chi connectivity index (χ2v) is 8.56. The minimum Gasteiger partial charge on any atom is -0.434 e. The molecule has 0 aliphatic carbocycles. The van der Waals surface area contributed by atoms with Gasteiger partial charge >= 0.3 is 11.8 Å². The van der Waals surface area contributed by atoms with E-state index in [0.29, 0.717) is 15.6 Å². The van der Waals surface area contributed by atoms with E-state index >= 15 is 0 Å². The number of H-pyrrole nitrogens is 1. The summed E-state index contributed by atoms with van der Waals surface area (Å²) in [7, 11) is 0. The molecular weight excluding hydrogens is 506 g/mol. The highest BCUT2D eigenvalue weighted by molar-refractivity contribution is 9.10. The first-order valence-electron chi connectivity index (χ1n) is 9.95. The minimum absolute atomic E-state index is 0.0536. The molecule has 1 aromatic heterocycles. The molecule has 0 saturated carbocycles. The lowest BCUT2D eigenvalue weighted by Gasteiger charge is -2.17. The number of rotatable bonds is 7. The van der Waals surface area contributed by atoms with Crippen LogP contribution in [0.4, 0.5) is 10.5 Å². The topological polar surface area (TPSA) is 163 Å². The van der Waals surface area contributed by atoms with Gasteiger partial charge in [-0.25, -0.2) is 9.59 Å². The average molecular weight is 528 g/mol. The summed E-state index contributed by atoms with van der Waals surface area (Å²) < 4.78 is 17.5. The van der Waals surface area contributed by atoms with Gasteiger partial charge in [0.1, 0.15) is 25.5 Å². The standard InChI is InChI=1S/C20H22BrN3O9/c1-10-7-23(19(27)22-18(10)26)17-6-15(25)16(33-17)9-32-20(28)31-8-11(2)13-5-12(21)3-4-14(13)24(29)30/h3-5,7,11,15-17,25H,6,8-9H2,1-2H3,(H,22,26,27)/t11?,15?,16-,17-/m1/s1. The van der Waals surface area contributed by atoms with Gasteiger partial charge in [-0.2, -0.15) is 0 Å². The van der Waals surface area contributed by atoms with Crippen molar-refractivity contribution in [3.63, 3.8) is 0 Å². The number of carbonyl (C=O) groups is 1. The van der Waals surface area contributed by atoms with Crippen LogP contribution in [-0.4, -0.2) is 51.2 Å². The molecule has 0 amide bonds. The Bertz CT molecular complexity index is 1160. The number of carbonyl (C=O) groups excluding carboxylic acids is 1. The van der Waals surface area contributed by atoms with E-state index in [2.05, 4.69) is 20.9 Å². The molecule has 1 saturated heterocycles. The molecule has 13 heteroatoms. The number of aliphatic hydroxyl groups is 1. The van der Waals surface area contributed by atoms with Crippen molar-refractivity contribution in [1.29, 1.82) is 0 Å². The zero-order chi connectivity index (χ0) is 24.3. The molecule has 1 fully saturated rings. The van der Waals surface area contributed by atoms with E-state index in [9.17, 15) is 29.6 Å². The Balaban J connectivity index is 1.54. The van der Waals surface area contributed by atoms with Gasteiger partial charge in [0, 0.05) is 40.2 Å². The van der Waals surface area contributed by atoms with Crippen LogP contribution in [0.25, 0.3) is 0 Å². The molecule has 178 valence electrons. The molecule has 1 aromatic carbocycles. The summed E-state index contributed by atoms with van der Waals surface area (Å²) in [5.41, 5.74) is -0.597. The molecule has 1 aliphatic rings. The number of hydrogen-bond acceptors (Lipinski definition) is 9. The maximum Gasteiger partial charge on any atom is 0.508 e. The van der Waals surface area contributed by atoms with Crippen LogP contribution in [0.3, 0.4) is 0 Å². The second-order valence-electron chi connectivity index (χ2n) is 7.64. The Morgan fingerprint density at radius 2 is 2.15 bits per heavy atom. The second kappa shape index (κ2) is 10.3. The fraction of sp³-hybridized carbons (Fsp3) is 0.450. The number of benzene rings is 1. The largest absolute Gasteiger partial charge is 0.508 e. The van der Waals surface area contributed by atoms with Gasteiger partial charge in [-0.3, -0.25) is 24.5 Å². The number of aromatic nitrogens is 2. The van der Waals surface area contributed by atoms with E-state index in [1.165, 1.54) is 19.2 Å². The van der Waals surface area contributed by atoms with Crippen molar-refractivity contribution in [2.75, 3.05) is 13.2 Å². The van der Waals surface area contributed by atoms with Crippen LogP contribution in [0.5, 0.6) is 0 Å². The molecule has 0 bridgehead atoms. The third kappa shape index (κ3) is 5.86. The number of halogens is 1. The van der Waals surface area contributed by atoms with Crippen molar-refractivity contribution in [2.45, 2.75) is 44.6 Å². The number of nitrogens with zero attached hydrogens (tertiary/aromatic N) is 2. The Morgan fingerprint density at radius 1 is 1.42 bits per heavy atom. The van der Waals surface area contributed by atoms with Gasteiger partial charge in [0.15, 0.2) is 0 Å². The molecular formula is C20H22BrN3O9. The van der Waals surface area contributed by atoms with E-state index < -0.39 is 46.7 Å². The number of aliphatic hydroxyl groups excluding tert-OH is 1. The van der Waals surface area contributed by atoms with Gasteiger partial charge < -0.3 is 19.3 Å². The average Bonchev–Trinajstić information content (AvgIpc) is 3.12. The Labute approximate surface area is 195 Å². The third-order valence-electron chi connectivity index (χ3n) is 5.19. The molecule has 3 rings (SSSR count). The molecule has 2 N–H and O–H groups in total. The summed E-state index contributed by atoms with van der Waals surface area (Å²) in [5.74, 6) is -0.483. The summed E-state index contributed by atoms with van der Waals surface area (Å²) in [6.45, 7) is 2.69. The monoisotopic (exact) mass is 527 g/mol. The fourth-order valence-corrected chi connectivity index (χ4v) is 3.78. The molecule has 2 aromatic rings. The Kier molecular flexibility index (Phi) is 7.66. The zero-order valence-electron chi connectivity index (χ0n) is 17.7. The first kappa shape index (κ1) is 24.6. The maximum atomic E-state index is 12.0. The van der Waals surface area contributed by atoms with E-state index in [1.807, 2.05) is 0 Å². The number of hydrogen-bond donors (Lipinski definition) is 2. The van der Waals surface area contributed by atoms with Crippen molar-refractivity contribution < 1.29 is 29.0 Å². The minimum atomic E-state index is -1.03. The number of aromatic amines is 1. The smallest absolute Gasteiger partial charge is 0.434 e. The molecule has 4 atom stereocenters. The van der Waals surface area contributed by atoms with Crippen LogP contribution >= 0.6 is 15.9 Å². The highest BCUT2D eigenvalue weighted by Crippen LogP contribution is 2.30. The Hall–Kier alpha value is -3.03. The van der Waals surface area contributed by atoms with E-state index in [4.69, 9.17) is 14.2 Å². The van der Waals surface area contributed by atoms with Gasteiger partial charge in [0.25, 0.3) is 11.2 Å². The highest BCUT2D eigenvalue weighted by Gasteiger charge is 2.36. The van der Waals surface area contributed by atoms with Gasteiger partial charge in [-0.05, 0) is 19.1 Å². The van der Waals surface area contributed by atoms with Crippen molar-refractivity contribution in [3.8, 4) is 0 Å². The van der Waals surface area contributed by atoms with Crippen LogP contribution in [0.1, 0.15) is 36.6 Å². The number of aryl methyl sites for hydroxylation is 1. The first-order valence-corrected chi connectivity index (χ1v) is 10.7. The molecule has 0 spiro atoms. The maximum absolute atomic E-state index is 12.0. The predicted molar refractivity (Wildman–Crippen MR) is 117 cm³/mol. The summed E-state index contributed by atoms with van der Waals surface area (Å²) in [4.78, 5) is 48.4. The van der Waals surface area contributed by atoms with Crippen LogP contribution in [0, 0.1) is 17.0 Å². The van der Waals surface area contributed by atoms with E-state index in [1.54, 1.807) is 19.1 Å². The number of ether oxygens (including phenoxy) is 3. The Morgan fingerprint density at radius 3 is 2.85 bits per heavy atom. The zero-order valence-corrected chi connectivity index (χ0v) is 19.3. The first-order chi connectivity index (χ1) is 15.6. The van der Waals surface area contributed by atoms with E-state index in [-0.39, 0.29) is 25.3 Å². The van der Waals surface area contributed by atoms with E-state index in [0.717, 1.165) is 4.57 Å². The van der Waals surface area contributed by atoms with Crippen LogP contribution in [0.15, 0.2) is 38.5 Å². The third-order valence-corrected chi connectivity index (χ3v) is 5.69. The van der Waals surface area contributed by atoms with Crippen LogP contribution < -0.4 is 11.2 Å². The molecule has 1 aliphatic heterocycles. The van der Waals surface area contributed by atoms with Crippen molar-refractivity contribution in [3.05, 3.63) is 70.9 Å². The number of nitro groups is 1. The van der Waals surface area contributed by atoms with Crippen LogP contribution in [-0.2, 0) is 14.2 Å². The van der Waals surface area contributed by atoms with Crippen molar-refractivity contribution in [2.24, 2.45) is 0 Å². The summed E-state index contributed by atoms with van der Waals surface area (Å²) in [6.07, 6.45) is -2.42. The summed E-state index contributed by atoms with van der Waals surface area (Å²) in [5, 5.41) is 21.4. The predicted octanol–water partition coefficient (Wildman–Crippen LogP) is 2.12. The molecule has 33 heavy (non-hydrogen) atoms. The SMILES string of the molecule is Cc1cn([C@H]2CC(O)[C@@H](COC(=O)OCC(C)c3cc(Br)ccc3[N+](=O)[O-])O2)c(=O)[nH]c1=O. The molecule has 12 nitrogen and oxygen atoms in total. The lowest BCUT2D eigenvalue weighted by molar-refractivity contribution is -0.385. The van der Waals surface area contributed by atoms with Gasteiger partial charge in [0.2, 0.25) is 0 Å². The van der Waals surface area contributed by atoms with Crippen LogP contribution in [0.2, 0.25) is 0 Å². The molecule has 0 radical (unpaired) electrons. The van der Waals surface area contributed by atoms with Gasteiger partial charge in [-0.1, -0.05) is 22.9 Å². The lowest BCUT2D eigenvalue weighted by atomic mass is 10.0. The van der Waals surface area contributed by atoms with Crippen molar-refractivity contribution in [1.82, 2.24) is 9.55 Å². The fourth-order valence-electron chi connectivity index (χ4n) is 3.40.